The number of fused-ring (bicyclic) bond motifs is 1. The van der Waals surface area contributed by atoms with Crippen molar-refractivity contribution < 1.29 is 4.39 Å². The molecule has 1 heteroatoms. The van der Waals surface area contributed by atoms with Crippen LogP contribution in [0.4, 0.5) is 4.39 Å². The van der Waals surface area contributed by atoms with Crippen molar-refractivity contribution in [3.8, 4) is 11.8 Å². The van der Waals surface area contributed by atoms with E-state index < -0.39 is 0 Å². The summed E-state index contributed by atoms with van der Waals surface area (Å²) in [4.78, 5) is 0. The zero-order valence-electron chi connectivity index (χ0n) is 10.2. The van der Waals surface area contributed by atoms with E-state index in [0.29, 0.717) is 0 Å². The van der Waals surface area contributed by atoms with Crippen LogP contribution < -0.4 is 0 Å². The quantitative estimate of drug-likeness (QED) is 0.516. The van der Waals surface area contributed by atoms with Crippen LogP contribution in [-0.2, 0) is 0 Å². The number of hydrogen-bond donors (Lipinski definition) is 0. The van der Waals surface area contributed by atoms with Gasteiger partial charge < -0.3 is 0 Å². The van der Waals surface area contributed by atoms with Gasteiger partial charge in [-0.3, -0.25) is 0 Å². The first-order valence-corrected chi connectivity index (χ1v) is 6.08. The Morgan fingerprint density at radius 3 is 2.05 bits per heavy atom. The highest BCUT2D eigenvalue weighted by molar-refractivity contribution is 5.83. The van der Waals surface area contributed by atoms with Crippen LogP contribution >= 0.6 is 0 Å². The van der Waals surface area contributed by atoms with Crippen molar-refractivity contribution in [2.75, 3.05) is 0 Å². The van der Waals surface area contributed by atoms with Gasteiger partial charge in [-0.2, -0.15) is 0 Å². The SMILES string of the molecule is Fc1ccc(C#Cc2ccc3ccccc3c2)cc1. The van der Waals surface area contributed by atoms with Gasteiger partial charge in [0.1, 0.15) is 5.82 Å². The number of halogens is 1. The fourth-order valence-electron chi connectivity index (χ4n) is 1.94. The van der Waals surface area contributed by atoms with Gasteiger partial charge in [0.05, 0.1) is 0 Å². The molecule has 0 nitrogen and oxygen atoms in total. The molecule has 0 aromatic heterocycles. The predicted octanol–water partition coefficient (Wildman–Crippen LogP) is 4.38. The molecule has 0 fully saturated rings. The normalized spacial score (nSPS) is 9.95. The first-order valence-electron chi connectivity index (χ1n) is 6.08. The molecule has 90 valence electrons. The molecule has 0 amide bonds. The molecule has 0 saturated heterocycles. The molecule has 0 aliphatic heterocycles. The molecule has 0 N–H and O–H groups in total. The highest BCUT2D eigenvalue weighted by Gasteiger charge is 1.93. The van der Waals surface area contributed by atoms with Crippen LogP contribution in [0.2, 0.25) is 0 Å². The first-order chi connectivity index (χ1) is 9.31. The van der Waals surface area contributed by atoms with E-state index in [4.69, 9.17) is 0 Å². The second-order valence-electron chi connectivity index (χ2n) is 4.32. The lowest BCUT2D eigenvalue weighted by atomic mass is 10.1. The molecule has 0 saturated carbocycles. The zero-order chi connectivity index (χ0) is 13.1. The maximum absolute atomic E-state index is 12.8. The van der Waals surface area contributed by atoms with E-state index in [1.165, 1.54) is 22.9 Å². The van der Waals surface area contributed by atoms with Gasteiger partial charge in [0, 0.05) is 11.1 Å². The van der Waals surface area contributed by atoms with Crippen molar-refractivity contribution in [3.05, 3.63) is 83.7 Å². The topological polar surface area (TPSA) is 0 Å². The Kier molecular flexibility index (Phi) is 3.00. The highest BCUT2D eigenvalue weighted by Crippen LogP contribution is 2.15. The van der Waals surface area contributed by atoms with Crippen LogP contribution in [0, 0.1) is 17.7 Å². The van der Waals surface area contributed by atoms with Crippen LogP contribution in [0.25, 0.3) is 10.8 Å². The van der Waals surface area contributed by atoms with E-state index in [9.17, 15) is 4.39 Å². The average molecular weight is 246 g/mol. The van der Waals surface area contributed by atoms with E-state index in [0.717, 1.165) is 11.1 Å². The largest absolute Gasteiger partial charge is 0.207 e. The summed E-state index contributed by atoms with van der Waals surface area (Å²) in [6.07, 6.45) is 0. The van der Waals surface area contributed by atoms with Crippen molar-refractivity contribution in [1.82, 2.24) is 0 Å². The standard InChI is InChI=1S/C18H11F/c19-18-11-8-14(9-12-18)5-6-15-7-10-16-3-1-2-4-17(16)13-15/h1-4,7-13H. The summed E-state index contributed by atoms with van der Waals surface area (Å²) in [7, 11) is 0. The lowest BCUT2D eigenvalue weighted by Crippen LogP contribution is -1.78. The molecule has 0 aliphatic carbocycles. The Bertz CT molecular complexity index is 774. The third-order valence-corrected chi connectivity index (χ3v) is 2.94. The fourth-order valence-corrected chi connectivity index (χ4v) is 1.94. The minimum Gasteiger partial charge on any atom is -0.207 e. The van der Waals surface area contributed by atoms with Crippen molar-refractivity contribution in [3.63, 3.8) is 0 Å². The predicted molar refractivity (Wildman–Crippen MR) is 76.3 cm³/mol. The molecule has 0 heterocycles. The molecule has 0 atom stereocenters. The summed E-state index contributed by atoms with van der Waals surface area (Å²) in [5.41, 5.74) is 1.78. The van der Waals surface area contributed by atoms with Gasteiger partial charge >= 0.3 is 0 Å². The van der Waals surface area contributed by atoms with Crippen molar-refractivity contribution in [2.24, 2.45) is 0 Å². The van der Waals surface area contributed by atoms with Gasteiger partial charge in [0.2, 0.25) is 0 Å². The molecule has 0 radical (unpaired) electrons. The highest BCUT2D eigenvalue weighted by atomic mass is 19.1. The van der Waals surface area contributed by atoms with Crippen molar-refractivity contribution >= 4 is 10.8 Å². The Labute approximate surface area is 111 Å². The average Bonchev–Trinajstić information content (AvgIpc) is 2.46. The van der Waals surface area contributed by atoms with E-state index >= 15 is 0 Å². The molecular formula is C18H11F. The molecule has 3 aromatic rings. The van der Waals surface area contributed by atoms with E-state index in [1.807, 2.05) is 18.2 Å². The van der Waals surface area contributed by atoms with Crippen molar-refractivity contribution in [2.45, 2.75) is 0 Å². The van der Waals surface area contributed by atoms with Crippen LogP contribution in [0.5, 0.6) is 0 Å². The van der Waals surface area contributed by atoms with Gasteiger partial charge in [-0.1, -0.05) is 42.2 Å². The Morgan fingerprint density at radius 1 is 0.632 bits per heavy atom. The summed E-state index contributed by atoms with van der Waals surface area (Å²) in [5, 5.41) is 2.38. The maximum atomic E-state index is 12.8. The lowest BCUT2D eigenvalue weighted by molar-refractivity contribution is 0.627. The minimum absolute atomic E-state index is 0.240. The minimum atomic E-state index is -0.240. The van der Waals surface area contributed by atoms with Crippen LogP contribution in [0.15, 0.2) is 66.7 Å². The smallest absolute Gasteiger partial charge is 0.123 e. The summed E-state index contributed by atoms with van der Waals surface area (Å²) < 4.78 is 12.8. The fraction of sp³-hybridized carbons (Fsp3) is 0. The van der Waals surface area contributed by atoms with Crippen LogP contribution in [0.3, 0.4) is 0 Å². The van der Waals surface area contributed by atoms with Gasteiger partial charge in [0.25, 0.3) is 0 Å². The first kappa shape index (κ1) is 11.5. The molecular weight excluding hydrogens is 235 g/mol. The van der Waals surface area contributed by atoms with Gasteiger partial charge in [-0.05, 0) is 47.2 Å². The number of hydrogen-bond acceptors (Lipinski definition) is 0. The summed E-state index contributed by atoms with van der Waals surface area (Å²) in [6.45, 7) is 0. The Morgan fingerprint density at radius 2 is 1.26 bits per heavy atom. The Balaban J connectivity index is 1.95. The second kappa shape index (κ2) is 4.96. The Hall–Kier alpha value is -2.59. The lowest BCUT2D eigenvalue weighted by Gasteiger charge is -1.97. The summed E-state index contributed by atoms with van der Waals surface area (Å²) in [6, 6.07) is 20.5. The van der Waals surface area contributed by atoms with Crippen LogP contribution in [0.1, 0.15) is 11.1 Å². The molecule has 3 aromatic carbocycles. The summed E-state index contributed by atoms with van der Waals surface area (Å²) >= 11 is 0. The van der Waals surface area contributed by atoms with Crippen LogP contribution in [-0.4, -0.2) is 0 Å². The number of benzene rings is 3. The van der Waals surface area contributed by atoms with Gasteiger partial charge in [-0.15, -0.1) is 0 Å². The third-order valence-electron chi connectivity index (χ3n) is 2.94. The van der Waals surface area contributed by atoms with Crippen molar-refractivity contribution in [1.29, 1.82) is 0 Å². The molecule has 0 unspecified atom stereocenters. The zero-order valence-corrected chi connectivity index (χ0v) is 10.2. The summed E-state index contributed by atoms with van der Waals surface area (Å²) in [5.74, 6) is 5.90. The van der Waals surface area contributed by atoms with Gasteiger partial charge in [-0.25, -0.2) is 4.39 Å². The maximum Gasteiger partial charge on any atom is 0.123 e. The molecule has 0 spiro atoms. The van der Waals surface area contributed by atoms with E-state index in [-0.39, 0.29) is 5.82 Å². The molecule has 19 heavy (non-hydrogen) atoms. The van der Waals surface area contributed by atoms with E-state index in [1.54, 1.807) is 12.1 Å². The van der Waals surface area contributed by atoms with Gasteiger partial charge in [0.15, 0.2) is 0 Å². The molecule has 3 rings (SSSR count). The molecule has 0 bridgehead atoms. The van der Waals surface area contributed by atoms with E-state index in [2.05, 4.69) is 36.1 Å². The second-order valence-corrected chi connectivity index (χ2v) is 4.32. The number of rotatable bonds is 0. The monoisotopic (exact) mass is 246 g/mol. The third kappa shape index (κ3) is 2.64. The molecule has 0 aliphatic rings.